The van der Waals surface area contributed by atoms with Crippen LogP contribution >= 0.6 is 0 Å². The molecule has 0 saturated heterocycles. The summed E-state index contributed by atoms with van der Waals surface area (Å²) in [6.45, 7) is 20.5. The van der Waals surface area contributed by atoms with Crippen molar-refractivity contribution in [1.29, 1.82) is 0 Å². The topological polar surface area (TPSA) is 35.5 Å². The molecule has 0 aromatic heterocycles. The number of hydrogen-bond donors (Lipinski definition) is 0. The smallest absolute Gasteiger partial charge is 0.155 e. The van der Waals surface area contributed by atoms with Gasteiger partial charge in [-0.05, 0) is 47.2 Å². The zero-order valence-electron chi connectivity index (χ0n) is 29.0. The van der Waals surface area contributed by atoms with Crippen molar-refractivity contribution < 1.29 is 14.3 Å². The summed E-state index contributed by atoms with van der Waals surface area (Å²) in [4.78, 5) is 9.92. The number of carbonyl (C=O) groups is 1. The zero-order chi connectivity index (χ0) is 33.1. The highest BCUT2D eigenvalue weighted by Crippen LogP contribution is 2.55. The van der Waals surface area contributed by atoms with Crippen molar-refractivity contribution in [2.75, 3.05) is 27.4 Å². The molecule has 236 valence electrons. The normalized spacial score (nSPS) is 10.5. The number of ketones is 1. The number of hydrogen-bond acceptors (Lipinski definition) is 3. The summed E-state index contributed by atoms with van der Waals surface area (Å²) >= 11 is 0. The number of rotatable bonds is 5. The minimum Gasteiger partial charge on any atom is -0.385 e. The highest BCUT2D eigenvalue weighted by atomic mass is 16.5. The van der Waals surface area contributed by atoms with Gasteiger partial charge >= 0.3 is 0 Å². The second kappa shape index (κ2) is 26.1. The number of fused-ring (bicyclic) bond motifs is 3. The molecule has 0 fully saturated rings. The fourth-order valence-electron chi connectivity index (χ4n) is 4.60. The lowest BCUT2D eigenvalue weighted by atomic mass is 9.68. The second-order valence-electron chi connectivity index (χ2n) is 8.29. The van der Waals surface area contributed by atoms with E-state index in [1.165, 1.54) is 47.4 Å². The molecule has 1 aliphatic carbocycles. The lowest BCUT2D eigenvalue weighted by Gasteiger charge is -2.33. The Morgan fingerprint density at radius 1 is 0.535 bits per heavy atom. The van der Waals surface area contributed by atoms with E-state index in [1.54, 1.807) is 7.11 Å². The monoisotopic (exact) mass is 586 g/mol. The van der Waals surface area contributed by atoms with Crippen LogP contribution in [0.15, 0.2) is 109 Å². The molecular weight excluding hydrogens is 528 g/mol. The predicted octanol–water partition coefficient (Wildman–Crippen LogP) is 11.0. The van der Waals surface area contributed by atoms with Gasteiger partial charge in [0, 0.05) is 20.8 Å². The molecule has 0 unspecified atom stereocenters. The standard InChI is InChI=1S/C25H18.C4H8O2.C3H8O.4C2H6/c1-3-11-19(12-4-1)25(20-13-5-2-6-14-20)23-17-9-7-15-21(23)22-16-8-10-18-24(22)25;1-4(5)3-6-2;1-3-4-2;4*1-2/h1-18H;3H2,1-2H3;3H2,1-2H3;4*1-2H3. The van der Waals surface area contributed by atoms with Gasteiger partial charge in [-0.25, -0.2) is 0 Å². The number of methoxy groups -OCH3 is 2. The third-order valence-corrected chi connectivity index (χ3v) is 6.00. The Morgan fingerprint density at radius 3 is 1.09 bits per heavy atom. The Morgan fingerprint density at radius 2 is 0.837 bits per heavy atom. The summed E-state index contributed by atoms with van der Waals surface area (Å²) in [5.74, 6) is 0.0671. The van der Waals surface area contributed by atoms with Crippen LogP contribution in [0.4, 0.5) is 0 Å². The molecule has 0 aliphatic heterocycles. The molecule has 4 aromatic carbocycles. The third kappa shape index (κ3) is 11.6. The van der Waals surface area contributed by atoms with Crippen LogP contribution in [0.25, 0.3) is 11.1 Å². The van der Waals surface area contributed by atoms with Gasteiger partial charge in [-0.15, -0.1) is 0 Å². The number of ether oxygens (including phenoxy) is 2. The van der Waals surface area contributed by atoms with Crippen molar-refractivity contribution >= 4 is 5.78 Å². The average Bonchev–Trinajstić information content (AvgIpc) is 3.41. The van der Waals surface area contributed by atoms with Crippen LogP contribution in [0, 0.1) is 0 Å². The Balaban J connectivity index is 0. The Labute approximate surface area is 264 Å². The molecule has 3 heteroatoms. The van der Waals surface area contributed by atoms with Crippen molar-refractivity contribution in [2.45, 2.75) is 74.7 Å². The van der Waals surface area contributed by atoms with Gasteiger partial charge in [-0.1, -0.05) is 165 Å². The van der Waals surface area contributed by atoms with E-state index in [9.17, 15) is 4.79 Å². The molecule has 0 heterocycles. The van der Waals surface area contributed by atoms with E-state index in [0.717, 1.165) is 6.61 Å². The molecular formula is C40H58O3. The molecule has 0 atom stereocenters. The van der Waals surface area contributed by atoms with Crippen molar-refractivity contribution in [3.63, 3.8) is 0 Å². The molecule has 0 radical (unpaired) electrons. The van der Waals surface area contributed by atoms with Crippen LogP contribution in [0.1, 0.15) is 91.5 Å². The summed E-state index contributed by atoms with van der Waals surface area (Å²) < 4.78 is 9.00. The quantitative estimate of drug-likeness (QED) is 0.205. The fourth-order valence-corrected chi connectivity index (χ4v) is 4.60. The van der Waals surface area contributed by atoms with Gasteiger partial charge in [0.05, 0.1) is 5.41 Å². The highest BCUT2D eigenvalue weighted by Gasteiger charge is 2.45. The van der Waals surface area contributed by atoms with Crippen LogP contribution in [-0.2, 0) is 19.7 Å². The first kappa shape index (κ1) is 41.6. The van der Waals surface area contributed by atoms with E-state index in [0.29, 0.717) is 0 Å². The maximum absolute atomic E-state index is 9.92. The first-order valence-electron chi connectivity index (χ1n) is 15.9. The van der Waals surface area contributed by atoms with Gasteiger partial charge in [-0.3, -0.25) is 4.79 Å². The summed E-state index contributed by atoms with van der Waals surface area (Å²) in [5.41, 5.74) is 7.80. The van der Waals surface area contributed by atoms with E-state index >= 15 is 0 Å². The van der Waals surface area contributed by atoms with E-state index < -0.39 is 0 Å². The number of Topliss-reactive ketones (excluding diaryl/α,β-unsaturated/α-hetero) is 1. The molecule has 0 amide bonds. The average molecular weight is 587 g/mol. The fraction of sp³-hybridized carbons (Fsp3) is 0.375. The van der Waals surface area contributed by atoms with E-state index in [4.69, 9.17) is 0 Å². The largest absolute Gasteiger partial charge is 0.385 e. The Bertz CT molecular complexity index is 1110. The van der Waals surface area contributed by atoms with Gasteiger partial charge in [0.15, 0.2) is 5.78 Å². The minimum absolute atomic E-state index is 0.0671. The van der Waals surface area contributed by atoms with Gasteiger partial charge < -0.3 is 9.47 Å². The van der Waals surface area contributed by atoms with Crippen LogP contribution < -0.4 is 0 Å². The van der Waals surface area contributed by atoms with Crippen molar-refractivity contribution in [1.82, 2.24) is 0 Å². The van der Waals surface area contributed by atoms with Crippen LogP contribution in [0.5, 0.6) is 0 Å². The molecule has 0 N–H and O–H groups in total. The van der Waals surface area contributed by atoms with Crippen molar-refractivity contribution in [3.05, 3.63) is 131 Å². The molecule has 3 nitrogen and oxygen atoms in total. The summed E-state index contributed by atoms with van der Waals surface area (Å²) in [6, 6.07) is 39.5. The van der Waals surface area contributed by atoms with E-state index in [1.807, 2.05) is 62.3 Å². The second-order valence-corrected chi connectivity index (χ2v) is 8.29. The molecule has 4 aromatic rings. The zero-order valence-corrected chi connectivity index (χ0v) is 29.0. The number of carbonyl (C=O) groups excluding carboxylic acids is 1. The Hall–Kier alpha value is -3.53. The first-order valence-corrected chi connectivity index (χ1v) is 15.9. The lowest BCUT2D eigenvalue weighted by Crippen LogP contribution is -2.28. The van der Waals surface area contributed by atoms with E-state index in [-0.39, 0.29) is 17.8 Å². The molecule has 0 saturated carbocycles. The van der Waals surface area contributed by atoms with Gasteiger partial charge in [0.25, 0.3) is 0 Å². The SMILES string of the molecule is CC.CC.CC.CC.CCOC.COCC(C)=O.c1ccc(C2(c3ccccc3)c3ccccc3-c3ccccc32)cc1. The highest BCUT2D eigenvalue weighted by molar-refractivity contribution is 5.86. The maximum atomic E-state index is 9.92. The lowest BCUT2D eigenvalue weighted by molar-refractivity contribution is -0.120. The van der Waals surface area contributed by atoms with Crippen molar-refractivity contribution in [3.8, 4) is 11.1 Å². The molecule has 1 aliphatic rings. The van der Waals surface area contributed by atoms with Crippen molar-refractivity contribution in [2.24, 2.45) is 0 Å². The maximum Gasteiger partial charge on any atom is 0.155 e. The summed E-state index contributed by atoms with van der Waals surface area (Å²) in [7, 11) is 3.18. The van der Waals surface area contributed by atoms with Crippen LogP contribution in [0.2, 0.25) is 0 Å². The first-order chi connectivity index (χ1) is 21.1. The predicted molar refractivity (Wildman–Crippen MR) is 189 cm³/mol. The molecule has 0 bridgehead atoms. The third-order valence-electron chi connectivity index (χ3n) is 6.00. The van der Waals surface area contributed by atoms with E-state index in [2.05, 4.69) is 119 Å². The Kier molecular flexibility index (Phi) is 25.3. The summed E-state index contributed by atoms with van der Waals surface area (Å²) in [5, 5.41) is 0. The van der Waals surface area contributed by atoms with Gasteiger partial charge in [0.1, 0.15) is 6.61 Å². The van der Waals surface area contributed by atoms with Crippen LogP contribution in [0.3, 0.4) is 0 Å². The summed E-state index contributed by atoms with van der Waals surface area (Å²) in [6.07, 6.45) is 0. The van der Waals surface area contributed by atoms with Gasteiger partial charge in [-0.2, -0.15) is 0 Å². The molecule has 43 heavy (non-hydrogen) atoms. The van der Waals surface area contributed by atoms with Gasteiger partial charge in [0.2, 0.25) is 0 Å². The number of benzene rings is 4. The molecule has 5 rings (SSSR count). The molecule has 0 spiro atoms. The minimum atomic E-state index is -0.254. The van der Waals surface area contributed by atoms with Crippen LogP contribution in [-0.4, -0.2) is 33.2 Å².